The molecule has 0 heterocycles. The Labute approximate surface area is 106 Å². The van der Waals surface area contributed by atoms with E-state index in [2.05, 4.69) is 5.32 Å². The van der Waals surface area contributed by atoms with Gasteiger partial charge in [0, 0.05) is 11.6 Å². The second-order valence-corrected chi connectivity index (χ2v) is 5.26. The molecular formula is C13H17ClFNO. The molecule has 0 aliphatic heterocycles. The van der Waals surface area contributed by atoms with E-state index < -0.39 is 11.7 Å². The summed E-state index contributed by atoms with van der Waals surface area (Å²) in [5, 5.41) is 3.07. The summed E-state index contributed by atoms with van der Waals surface area (Å²) >= 11 is 5.73. The minimum Gasteiger partial charge on any atom is -0.351 e. The van der Waals surface area contributed by atoms with E-state index >= 15 is 0 Å². The Balaban J connectivity index is 2.74. The molecule has 1 aromatic carbocycles. The van der Waals surface area contributed by atoms with Crippen molar-refractivity contribution in [2.45, 2.75) is 27.2 Å². The van der Waals surface area contributed by atoms with Gasteiger partial charge in [0.15, 0.2) is 0 Å². The largest absolute Gasteiger partial charge is 0.351 e. The van der Waals surface area contributed by atoms with Crippen molar-refractivity contribution in [1.82, 2.24) is 5.32 Å². The number of halogens is 2. The van der Waals surface area contributed by atoms with Gasteiger partial charge in [0.2, 0.25) is 0 Å². The zero-order valence-corrected chi connectivity index (χ0v) is 11.1. The van der Waals surface area contributed by atoms with Crippen molar-refractivity contribution in [1.29, 1.82) is 0 Å². The van der Waals surface area contributed by atoms with Crippen LogP contribution in [0.3, 0.4) is 0 Å². The van der Waals surface area contributed by atoms with Gasteiger partial charge in [0.25, 0.3) is 5.91 Å². The normalized spacial score (nSPS) is 11.4. The maximum atomic E-state index is 13.4. The van der Waals surface area contributed by atoms with E-state index in [4.69, 9.17) is 11.6 Å². The van der Waals surface area contributed by atoms with Crippen molar-refractivity contribution >= 4 is 17.5 Å². The lowest BCUT2D eigenvalue weighted by molar-refractivity contribution is 0.0931. The van der Waals surface area contributed by atoms with E-state index in [0.717, 1.165) is 6.42 Å². The summed E-state index contributed by atoms with van der Waals surface area (Å²) in [4.78, 5) is 11.8. The number of carbonyl (C=O) groups is 1. The van der Waals surface area contributed by atoms with Gasteiger partial charge in [-0.2, -0.15) is 0 Å². The van der Waals surface area contributed by atoms with Gasteiger partial charge in [-0.1, -0.05) is 32.4 Å². The molecule has 4 heteroatoms. The summed E-state index contributed by atoms with van der Waals surface area (Å²) in [6, 6.07) is 3.96. The van der Waals surface area contributed by atoms with E-state index in [1.807, 2.05) is 20.8 Å². The second kappa shape index (κ2) is 5.50. The zero-order chi connectivity index (χ0) is 13.1. The van der Waals surface area contributed by atoms with Crippen LogP contribution in [0.25, 0.3) is 0 Å². The summed E-state index contributed by atoms with van der Waals surface area (Å²) < 4.78 is 13.4. The summed E-state index contributed by atoms with van der Waals surface area (Å²) in [5.74, 6) is -0.979. The smallest absolute Gasteiger partial charge is 0.254 e. The topological polar surface area (TPSA) is 29.1 Å². The van der Waals surface area contributed by atoms with Gasteiger partial charge >= 0.3 is 0 Å². The minimum absolute atomic E-state index is 0.00467. The molecule has 1 aromatic rings. The lowest BCUT2D eigenvalue weighted by Gasteiger charge is -2.22. The van der Waals surface area contributed by atoms with Crippen molar-refractivity contribution in [2.24, 2.45) is 5.41 Å². The molecular weight excluding hydrogens is 241 g/mol. The highest BCUT2D eigenvalue weighted by Crippen LogP contribution is 2.19. The van der Waals surface area contributed by atoms with Gasteiger partial charge in [-0.15, -0.1) is 0 Å². The molecule has 0 aromatic heterocycles. The summed E-state index contributed by atoms with van der Waals surface area (Å²) in [6.07, 6.45) is 0.936. The fourth-order valence-electron chi connectivity index (χ4n) is 1.21. The molecule has 0 aliphatic rings. The Morgan fingerprint density at radius 1 is 1.47 bits per heavy atom. The van der Waals surface area contributed by atoms with Crippen LogP contribution in [0.1, 0.15) is 37.6 Å². The molecule has 94 valence electrons. The maximum Gasteiger partial charge on any atom is 0.254 e. The standard InChI is InChI=1S/C13H17ClFNO/c1-4-13(2,3)8-16-12(17)10-7-9(14)5-6-11(10)15/h5-7H,4,8H2,1-3H3,(H,16,17). The van der Waals surface area contributed by atoms with Crippen LogP contribution in [-0.2, 0) is 0 Å². The van der Waals surface area contributed by atoms with Gasteiger partial charge in [0.1, 0.15) is 5.82 Å². The van der Waals surface area contributed by atoms with E-state index in [0.29, 0.717) is 11.6 Å². The lowest BCUT2D eigenvalue weighted by atomic mass is 9.90. The van der Waals surface area contributed by atoms with Crippen LogP contribution in [0.4, 0.5) is 4.39 Å². The van der Waals surface area contributed by atoms with Gasteiger partial charge in [-0.25, -0.2) is 4.39 Å². The highest BCUT2D eigenvalue weighted by Gasteiger charge is 2.18. The second-order valence-electron chi connectivity index (χ2n) is 4.82. The number of nitrogens with one attached hydrogen (secondary N) is 1. The van der Waals surface area contributed by atoms with Crippen LogP contribution < -0.4 is 5.32 Å². The van der Waals surface area contributed by atoms with Gasteiger partial charge in [-0.05, 0) is 30.0 Å². The highest BCUT2D eigenvalue weighted by molar-refractivity contribution is 6.30. The quantitative estimate of drug-likeness (QED) is 0.877. The fourth-order valence-corrected chi connectivity index (χ4v) is 1.38. The predicted octanol–water partition coefficient (Wildman–Crippen LogP) is 3.65. The molecule has 0 aliphatic carbocycles. The van der Waals surface area contributed by atoms with E-state index in [9.17, 15) is 9.18 Å². The number of hydrogen-bond donors (Lipinski definition) is 1. The summed E-state index contributed by atoms with van der Waals surface area (Å²) in [6.45, 7) is 6.64. The molecule has 0 radical (unpaired) electrons. The maximum absolute atomic E-state index is 13.4. The number of carbonyl (C=O) groups excluding carboxylic acids is 1. The zero-order valence-electron chi connectivity index (χ0n) is 10.3. The van der Waals surface area contributed by atoms with Crippen LogP contribution in [0.5, 0.6) is 0 Å². The molecule has 0 saturated carbocycles. The van der Waals surface area contributed by atoms with Crippen molar-refractivity contribution in [2.75, 3.05) is 6.54 Å². The molecule has 2 nitrogen and oxygen atoms in total. The predicted molar refractivity (Wildman–Crippen MR) is 67.8 cm³/mol. The molecule has 1 N–H and O–H groups in total. The summed E-state index contributed by atoms with van der Waals surface area (Å²) in [7, 11) is 0. The molecule has 1 amide bonds. The molecule has 0 unspecified atom stereocenters. The number of amides is 1. The van der Waals surface area contributed by atoms with Crippen LogP contribution in [0.2, 0.25) is 5.02 Å². The average molecular weight is 258 g/mol. The Bertz CT molecular complexity index is 418. The molecule has 0 bridgehead atoms. The third kappa shape index (κ3) is 4.00. The van der Waals surface area contributed by atoms with Crippen molar-refractivity contribution in [3.05, 3.63) is 34.6 Å². The molecule has 0 spiro atoms. The highest BCUT2D eigenvalue weighted by atomic mass is 35.5. The van der Waals surface area contributed by atoms with Crippen LogP contribution in [-0.4, -0.2) is 12.5 Å². The van der Waals surface area contributed by atoms with E-state index in [1.165, 1.54) is 18.2 Å². The first kappa shape index (κ1) is 14.0. The first-order valence-corrected chi connectivity index (χ1v) is 5.97. The molecule has 1 rings (SSSR count). The summed E-state index contributed by atoms with van der Waals surface area (Å²) in [5.41, 5.74) is -0.00514. The van der Waals surface area contributed by atoms with E-state index in [1.54, 1.807) is 0 Å². The number of benzene rings is 1. The number of rotatable bonds is 4. The molecule has 0 atom stereocenters. The SMILES string of the molecule is CCC(C)(C)CNC(=O)c1cc(Cl)ccc1F. The van der Waals surface area contributed by atoms with Crippen molar-refractivity contribution < 1.29 is 9.18 Å². The van der Waals surface area contributed by atoms with Crippen molar-refractivity contribution in [3.8, 4) is 0 Å². The molecule has 0 fully saturated rings. The Kier molecular flexibility index (Phi) is 4.52. The van der Waals surface area contributed by atoms with Crippen LogP contribution in [0, 0.1) is 11.2 Å². The Morgan fingerprint density at radius 3 is 2.71 bits per heavy atom. The van der Waals surface area contributed by atoms with E-state index in [-0.39, 0.29) is 11.0 Å². The third-order valence-corrected chi connectivity index (χ3v) is 3.09. The Morgan fingerprint density at radius 2 is 2.12 bits per heavy atom. The average Bonchev–Trinajstić information content (AvgIpc) is 2.29. The lowest BCUT2D eigenvalue weighted by Crippen LogP contribution is -2.34. The third-order valence-electron chi connectivity index (χ3n) is 2.86. The van der Waals surface area contributed by atoms with Gasteiger partial charge in [0.05, 0.1) is 5.56 Å². The van der Waals surface area contributed by atoms with Crippen LogP contribution >= 0.6 is 11.6 Å². The first-order chi connectivity index (χ1) is 7.85. The van der Waals surface area contributed by atoms with Crippen molar-refractivity contribution in [3.63, 3.8) is 0 Å². The monoisotopic (exact) mass is 257 g/mol. The van der Waals surface area contributed by atoms with Gasteiger partial charge < -0.3 is 5.32 Å². The molecule has 17 heavy (non-hydrogen) atoms. The fraction of sp³-hybridized carbons (Fsp3) is 0.462. The van der Waals surface area contributed by atoms with Crippen LogP contribution in [0.15, 0.2) is 18.2 Å². The Hall–Kier alpha value is -1.09. The first-order valence-electron chi connectivity index (χ1n) is 5.59. The molecule has 0 saturated heterocycles. The van der Waals surface area contributed by atoms with Gasteiger partial charge in [-0.3, -0.25) is 4.79 Å². The minimum atomic E-state index is -0.554. The number of hydrogen-bond acceptors (Lipinski definition) is 1.